The summed E-state index contributed by atoms with van der Waals surface area (Å²) in [5.41, 5.74) is -1.40. The summed E-state index contributed by atoms with van der Waals surface area (Å²) in [5.74, 6) is 1.79. The zero-order chi connectivity index (χ0) is 24.9. The normalized spacial score (nSPS) is 41.8. The van der Waals surface area contributed by atoms with E-state index in [9.17, 15) is 14.3 Å². The Kier molecular flexibility index (Phi) is 10.00. The van der Waals surface area contributed by atoms with Crippen LogP contribution >= 0.6 is 0 Å². The number of ether oxygens (including phenoxy) is 2. The molecule has 8 atom stereocenters. The van der Waals surface area contributed by atoms with E-state index >= 15 is 0 Å². The molecule has 2 unspecified atom stereocenters. The molecule has 0 bridgehead atoms. The van der Waals surface area contributed by atoms with Gasteiger partial charge in [-0.1, -0.05) is 26.3 Å². The van der Waals surface area contributed by atoms with E-state index in [-0.39, 0.29) is 31.2 Å². The van der Waals surface area contributed by atoms with Crippen molar-refractivity contribution in [1.29, 1.82) is 0 Å². The Balaban J connectivity index is 1.42. The van der Waals surface area contributed by atoms with Gasteiger partial charge in [0.05, 0.1) is 30.8 Å². The quantitative estimate of drug-likeness (QED) is 0.304. The van der Waals surface area contributed by atoms with Crippen molar-refractivity contribution < 1.29 is 28.9 Å². The predicted molar refractivity (Wildman–Crippen MR) is 131 cm³/mol. The number of hydrogen-bond donors (Lipinski definition) is 2. The molecule has 2 saturated carbocycles. The minimum atomic E-state index is -1.40. The lowest BCUT2D eigenvalue weighted by atomic mass is 9.58. The standard InChI is InChI=1S/C28H47FO5/c1-18-6-8-24-20(3)25(34-21(4)26(24)23(18)9-7-19(2)30)12-17-33-16-5-13-28(29)14-10-22(11-15-28)27(31)32/h5,13,18-26,30H,6-12,14-17H2,1-4H3,(H,31,32)/b13-5+/t18-,19?,20-,21-,22?,23+,24+,25-,26?,28?/m1/s1. The first-order chi connectivity index (χ1) is 16.1. The van der Waals surface area contributed by atoms with Gasteiger partial charge >= 0.3 is 5.97 Å². The molecule has 196 valence electrons. The maximum Gasteiger partial charge on any atom is 0.306 e. The molecule has 1 heterocycles. The van der Waals surface area contributed by atoms with Gasteiger partial charge in [0.2, 0.25) is 0 Å². The van der Waals surface area contributed by atoms with E-state index in [2.05, 4.69) is 20.8 Å². The van der Waals surface area contributed by atoms with Gasteiger partial charge in [0.1, 0.15) is 5.67 Å². The smallest absolute Gasteiger partial charge is 0.306 e. The van der Waals surface area contributed by atoms with Crippen LogP contribution in [0.2, 0.25) is 0 Å². The molecule has 3 fully saturated rings. The lowest BCUT2D eigenvalue weighted by Gasteiger charge is -2.53. The molecule has 34 heavy (non-hydrogen) atoms. The van der Waals surface area contributed by atoms with Crippen LogP contribution in [-0.2, 0) is 14.3 Å². The summed E-state index contributed by atoms with van der Waals surface area (Å²) in [6.07, 6.45) is 10.1. The van der Waals surface area contributed by atoms with Crippen LogP contribution in [0, 0.1) is 35.5 Å². The third-order valence-corrected chi connectivity index (χ3v) is 9.13. The molecule has 1 aliphatic heterocycles. The third kappa shape index (κ3) is 7.04. The number of halogens is 1. The van der Waals surface area contributed by atoms with E-state index < -0.39 is 17.6 Å². The topological polar surface area (TPSA) is 76.0 Å². The molecule has 6 heteroatoms. The summed E-state index contributed by atoms with van der Waals surface area (Å²) < 4.78 is 27.2. The summed E-state index contributed by atoms with van der Waals surface area (Å²) in [6.45, 7) is 9.77. The largest absolute Gasteiger partial charge is 0.481 e. The molecule has 0 aromatic heterocycles. The van der Waals surface area contributed by atoms with Gasteiger partial charge < -0.3 is 19.7 Å². The number of aliphatic carboxylic acids is 1. The van der Waals surface area contributed by atoms with Crippen LogP contribution in [0.15, 0.2) is 12.2 Å². The lowest BCUT2D eigenvalue weighted by Crippen LogP contribution is -2.52. The molecule has 0 spiro atoms. The average Bonchev–Trinajstić information content (AvgIpc) is 2.78. The van der Waals surface area contributed by atoms with E-state index in [4.69, 9.17) is 14.6 Å². The molecule has 0 radical (unpaired) electrons. The van der Waals surface area contributed by atoms with Crippen LogP contribution < -0.4 is 0 Å². The monoisotopic (exact) mass is 482 g/mol. The van der Waals surface area contributed by atoms with Crippen LogP contribution in [0.3, 0.4) is 0 Å². The molecule has 0 amide bonds. The summed E-state index contributed by atoms with van der Waals surface area (Å²) in [5, 5.41) is 18.9. The van der Waals surface area contributed by atoms with Crippen molar-refractivity contribution in [3.63, 3.8) is 0 Å². The highest BCUT2D eigenvalue weighted by Crippen LogP contribution is 2.50. The highest BCUT2D eigenvalue weighted by Gasteiger charge is 2.48. The third-order valence-electron chi connectivity index (χ3n) is 9.13. The summed E-state index contributed by atoms with van der Waals surface area (Å²) >= 11 is 0. The van der Waals surface area contributed by atoms with Crippen molar-refractivity contribution >= 4 is 5.97 Å². The maximum atomic E-state index is 14.9. The first-order valence-corrected chi connectivity index (χ1v) is 13.6. The number of hydrogen-bond acceptors (Lipinski definition) is 4. The molecule has 2 N–H and O–H groups in total. The number of fused-ring (bicyclic) bond motifs is 1. The molecule has 3 aliphatic rings. The number of alkyl halides is 1. The van der Waals surface area contributed by atoms with E-state index in [1.165, 1.54) is 12.8 Å². The number of aliphatic hydroxyl groups excluding tert-OH is 1. The number of carboxylic acid groups (broad SMARTS) is 1. The highest BCUT2D eigenvalue weighted by atomic mass is 19.1. The van der Waals surface area contributed by atoms with Crippen molar-refractivity contribution in [1.82, 2.24) is 0 Å². The van der Waals surface area contributed by atoms with Crippen LogP contribution in [0.1, 0.15) is 85.5 Å². The van der Waals surface area contributed by atoms with Gasteiger partial charge in [-0.3, -0.25) is 4.79 Å². The van der Waals surface area contributed by atoms with Crippen LogP contribution in [0.25, 0.3) is 0 Å². The summed E-state index contributed by atoms with van der Waals surface area (Å²) in [4.78, 5) is 11.1. The number of aliphatic hydroxyl groups is 1. The second-order valence-electron chi connectivity index (χ2n) is 11.5. The Morgan fingerprint density at radius 2 is 1.88 bits per heavy atom. The fourth-order valence-electron chi connectivity index (χ4n) is 7.00. The van der Waals surface area contributed by atoms with E-state index in [1.807, 2.05) is 6.92 Å². The van der Waals surface area contributed by atoms with Gasteiger partial charge in [-0.2, -0.15) is 0 Å². The van der Waals surface area contributed by atoms with E-state index in [0.717, 1.165) is 19.3 Å². The number of carboxylic acids is 1. The summed E-state index contributed by atoms with van der Waals surface area (Å²) in [6, 6.07) is 0. The van der Waals surface area contributed by atoms with Gasteiger partial charge in [0.15, 0.2) is 0 Å². The van der Waals surface area contributed by atoms with Gasteiger partial charge in [-0.05, 0) is 101 Å². The summed E-state index contributed by atoms with van der Waals surface area (Å²) in [7, 11) is 0. The predicted octanol–water partition coefficient (Wildman–Crippen LogP) is 5.80. The molecule has 1 saturated heterocycles. The highest BCUT2D eigenvalue weighted by molar-refractivity contribution is 5.70. The van der Waals surface area contributed by atoms with Crippen molar-refractivity contribution in [3.8, 4) is 0 Å². The molecule has 5 nitrogen and oxygen atoms in total. The van der Waals surface area contributed by atoms with Gasteiger partial charge in [-0.25, -0.2) is 4.39 Å². The Morgan fingerprint density at radius 1 is 1.18 bits per heavy atom. The maximum absolute atomic E-state index is 14.9. The van der Waals surface area contributed by atoms with Gasteiger partial charge in [-0.15, -0.1) is 0 Å². The zero-order valence-electron chi connectivity index (χ0n) is 21.6. The number of rotatable bonds is 10. The molecular formula is C28H47FO5. The minimum absolute atomic E-state index is 0.185. The van der Waals surface area contributed by atoms with Crippen molar-refractivity contribution in [2.24, 2.45) is 35.5 Å². The minimum Gasteiger partial charge on any atom is -0.481 e. The van der Waals surface area contributed by atoms with Crippen LogP contribution in [0.4, 0.5) is 4.39 Å². The molecule has 3 rings (SSSR count). The number of carbonyl (C=O) groups is 1. The Labute approximate surface area is 205 Å². The van der Waals surface area contributed by atoms with Gasteiger partial charge in [0.25, 0.3) is 0 Å². The Bertz CT molecular complexity index is 672. The SMILES string of the molecule is CC(O)CC[C@@H]1C2[C@@H](CC[C@H]1C)[C@@H](C)[C@@H](CCOC/C=C/C1(F)CCC(C(=O)O)CC1)O[C@@H]2C. The van der Waals surface area contributed by atoms with Crippen molar-refractivity contribution in [2.75, 3.05) is 13.2 Å². The fraction of sp³-hybridized carbons (Fsp3) is 0.893. The van der Waals surface area contributed by atoms with E-state index in [1.54, 1.807) is 12.2 Å². The van der Waals surface area contributed by atoms with Crippen LogP contribution in [-0.4, -0.2) is 53.4 Å². The molecule has 2 aliphatic carbocycles. The van der Waals surface area contributed by atoms with Gasteiger partial charge in [0, 0.05) is 6.61 Å². The molecule has 0 aromatic rings. The fourth-order valence-corrected chi connectivity index (χ4v) is 7.00. The van der Waals surface area contributed by atoms with Crippen molar-refractivity contribution in [3.05, 3.63) is 12.2 Å². The first-order valence-electron chi connectivity index (χ1n) is 13.6. The molecular weight excluding hydrogens is 435 g/mol. The lowest BCUT2D eigenvalue weighted by molar-refractivity contribution is -0.174. The van der Waals surface area contributed by atoms with E-state index in [0.29, 0.717) is 55.6 Å². The Morgan fingerprint density at radius 3 is 2.53 bits per heavy atom. The average molecular weight is 483 g/mol. The molecule has 0 aromatic carbocycles. The van der Waals surface area contributed by atoms with Crippen LogP contribution in [0.5, 0.6) is 0 Å². The van der Waals surface area contributed by atoms with Crippen molar-refractivity contribution in [2.45, 2.75) is 109 Å². The Hall–Kier alpha value is -0.980. The second kappa shape index (κ2) is 12.3. The zero-order valence-corrected chi connectivity index (χ0v) is 21.6. The first kappa shape index (κ1) is 27.6. The number of allylic oxidation sites excluding steroid dienone is 1. The second-order valence-corrected chi connectivity index (χ2v) is 11.5.